The van der Waals surface area contributed by atoms with Gasteiger partial charge in [0.1, 0.15) is 0 Å². The molecule has 3 aromatic carbocycles. The number of halogens is 2. The normalized spacial score (nSPS) is 11.8. The van der Waals surface area contributed by atoms with Crippen LogP contribution in [0.3, 0.4) is 0 Å². The fraction of sp³-hybridized carbons (Fsp3) is 0. The van der Waals surface area contributed by atoms with Gasteiger partial charge in [0.25, 0.3) is 0 Å². The van der Waals surface area contributed by atoms with Gasteiger partial charge in [-0.3, -0.25) is 0 Å². The standard InChI is InChI=1S/C23H17Cl2N3O2S/c24-18-6-1-16(2-7-18)3-10-20-15-23(17-4-8-19(25)9-5-17)28(27-20)21-11-13-22(14-12-21)31(26,29)30/h1-15H,(H2,26,29,30)/b10-3+. The molecule has 5 nitrogen and oxygen atoms in total. The molecule has 0 atom stereocenters. The zero-order valence-electron chi connectivity index (χ0n) is 16.1. The lowest BCUT2D eigenvalue weighted by molar-refractivity contribution is 0.598. The van der Waals surface area contributed by atoms with Crippen molar-refractivity contribution in [3.8, 4) is 16.9 Å². The fourth-order valence-corrected chi connectivity index (χ4v) is 3.80. The number of nitrogens with two attached hydrogens (primary N) is 1. The molecule has 0 aliphatic rings. The first-order valence-corrected chi connectivity index (χ1v) is 11.5. The van der Waals surface area contributed by atoms with Crippen LogP contribution in [0.1, 0.15) is 11.3 Å². The minimum absolute atomic E-state index is 0.0410. The molecular formula is C23H17Cl2N3O2S. The van der Waals surface area contributed by atoms with Crippen molar-refractivity contribution in [2.24, 2.45) is 5.14 Å². The Morgan fingerprint density at radius 2 is 1.39 bits per heavy atom. The molecule has 1 heterocycles. The summed E-state index contributed by atoms with van der Waals surface area (Å²) in [4.78, 5) is 0.0410. The smallest absolute Gasteiger partial charge is 0.233 e. The minimum Gasteiger partial charge on any atom is -0.233 e. The highest BCUT2D eigenvalue weighted by molar-refractivity contribution is 7.89. The first-order valence-electron chi connectivity index (χ1n) is 9.22. The van der Waals surface area contributed by atoms with Crippen molar-refractivity contribution in [3.63, 3.8) is 0 Å². The zero-order valence-corrected chi connectivity index (χ0v) is 18.4. The molecule has 31 heavy (non-hydrogen) atoms. The third-order valence-electron chi connectivity index (χ3n) is 4.59. The molecule has 4 rings (SSSR count). The molecule has 0 aliphatic heterocycles. The summed E-state index contributed by atoms with van der Waals surface area (Å²) >= 11 is 12.0. The molecule has 1 aromatic heterocycles. The number of hydrogen-bond acceptors (Lipinski definition) is 3. The summed E-state index contributed by atoms with van der Waals surface area (Å²) in [7, 11) is -3.77. The van der Waals surface area contributed by atoms with Crippen LogP contribution in [0.4, 0.5) is 0 Å². The molecule has 0 saturated carbocycles. The number of primary sulfonamides is 1. The van der Waals surface area contributed by atoms with Crippen molar-refractivity contribution in [1.82, 2.24) is 9.78 Å². The van der Waals surface area contributed by atoms with Crippen molar-refractivity contribution >= 4 is 45.4 Å². The third kappa shape index (κ3) is 5.06. The molecule has 0 unspecified atom stereocenters. The monoisotopic (exact) mass is 469 g/mol. The van der Waals surface area contributed by atoms with Crippen molar-refractivity contribution in [3.05, 3.63) is 100 Å². The van der Waals surface area contributed by atoms with E-state index in [2.05, 4.69) is 0 Å². The van der Waals surface area contributed by atoms with E-state index in [1.54, 1.807) is 16.8 Å². The van der Waals surface area contributed by atoms with Gasteiger partial charge < -0.3 is 0 Å². The summed E-state index contributed by atoms with van der Waals surface area (Å²) in [6.07, 6.45) is 3.84. The maximum atomic E-state index is 11.6. The lowest BCUT2D eigenvalue weighted by Crippen LogP contribution is -2.12. The van der Waals surface area contributed by atoms with E-state index in [-0.39, 0.29) is 4.90 Å². The van der Waals surface area contributed by atoms with Crippen LogP contribution in [0, 0.1) is 0 Å². The highest BCUT2D eigenvalue weighted by atomic mass is 35.5. The molecule has 156 valence electrons. The fourth-order valence-electron chi connectivity index (χ4n) is 3.04. The van der Waals surface area contributed by atoms with Gasteiger partial charge in [-0.1, -0.05) is 53.5 Å². The number of nitrogens with zero attached hydrogens (tertiary/aromatic N) is 2. The van der Waals surface area contributed by atoms with Gasteiger partial charge in [0, 0.05) is 15.6 Å². The van der Waals surface area contributed by atoms with Crippen molar-refractivity contribution in [1.29, 1.82) is 0 Å². The second-order valence-electron chi connectivity index (χ2n) is 6.80. The predicted octanol–water partition coefficient (Wildman–Crippen LogP) is 5.66. The van der Waals surface area contributed by atoms with E-state index in [9.17, 15) is 8.42 Å². The zero-order chi connectivity index (χ0) is 22.0. The van der Waals surface area contributed by atoms with Crippen LogP contribution in [0.25, 0.3) is 29.1 Å². The Morgan fingerprint density at radius 1 is 0.806 bits per heavy atom. The molecule has 0 bridgehead atoms. The van der Waals surface area contributed by atoms with Crippen LogP contribution in [0.5, 0.6) is 0 Å². The number of aromatic nitrogens is 2. The largest absolute Gasteiger partial charge is 0.238 e. The highest BCUT2D eigenvalue weighted by Gasteiger charge is 2.13. The highest BCUT2D eigenvalue weighted by Crippen LogP contribution is 2.27. The van der Waals surface area contributed by atoms with E-state index in [0.717, 1.165) is 22.5 Å². The molecule has 0 amide bonds. The first-order chi connectivity index (χ1) is 14.8. The topological polar surface area (TPSA) is 78.0 Å². The Balaban J connectivity index is 1.77. The summed E-state index contributed by atoms with van der Waals surface area (Å²) in [5.74, 6) is 0. The Kier molecular flexibility index (Phi) is 5.98. The van der Waals surface area contributed by atoms with Crippen LogP contribution in [0.2, 0.25) is 10.0 Å². The predicted molar refractivity (Wildman–Crippen MR) is 126 cm³/mol. The number of hydrogen-bond donors (Lipinski definition) is 1. The summed E-state index contributed by atoms with van der Waals surface area (Å²) in [6.45, 7) is 0. The van der Waals surface area contributed by atoms with E-state index in [4.69, 9.17) is 33.4 Å². The minimum atomic E-state index is -3.77. The molecule has 2 N–H and O–H groups in total. The van der Waals surface area contributed by atoms with Crippen molar-refractivity contribution < 1.29 is 8.42 Å². The quantitative estimate of drug-likeness (QED) is 0.409. The molecule has 0 aliphatic carbocycles. The van der Waals surface area contributed by atoms with Crippen molar-refractivity contribution in [2.75, 3.05) is 0 Å². The van der Waals surface area contributed by atoms with Gasteiger partial charge >= 0.3 is 0 Å². The van der Waals surface area contributed by atoms with E-state index in [1.165, 1.54) is 12.1 Å². The summed E-state index contributed by atoms with van der Waals surface area (Å²) in [5, 5.41) is 11.2. The molecule has 0 spiro atoms. The molecule has 4 aromatic rings. The second-order valence-corrected chi connectivity index (χ2v) is 9.23. The maximum Gasteiger partial charge on any atom is 0.238 e. The van der Waals surface area contributed by atoms with Gasteiger partial charge in [0.05, 0.1) is 22.0 Å². The Hall–Kier alpha value is -2.90. The van der Waals surface area contributed by atoms with Gasteiger partial charge in [0.15, 0.2) is 0 Å². The lowest BCUT2D eigenvalue weighted by atomic mass is 10.1. The van der Waals surface area contributed by atoms with Crippen molar-refractivity contribution in [2.45, 2.75) is 4.90 Å². The van der Waals surface area contributed by atoms with Gasteiger partial charge in [-0.25, -0.2) is 18.2 Å². The summed E-state index contributed by atoms with van der Waals surface area (Å²) in [6, 6.07) is 23.1. The van der Waals surface area contributed by atoms with Gasteiger partial charge in [0.2, 0.25) is 10.0 Å². The van der Waals surface area contributed by atoms with Crippen LogP contribution in [0.15, 0.2) is 83.8 Å². The van der Waals surface area contributed by atoms with Gasteiger partial charge in [-0.05, 0) is 66.2 Å². The average molecular weight is 470 g/mol. The van der Waals surface area contributed by atoms with E-state index >= 15 is 0 Å². The number of benzene rings is 3. The van der Waals surface area contributed by atoms with E-state index in [0.29, 0.717) is 15.7 Å². The average Bonchev–Trinajstić information content (AvgIpc) is 3.18. The van der Waals surface area contributed by atoms with Gasteiger partial charge in [-0.15, -0.1) is 0 Å². The SMILES string of the molecule is NS(=O)(=O)c1ccc(-n2nc(/C=C/c3ccc(Cl)cc3)cc2-c2ccc(Cl)cc2)cc1. The summed E-state index contributed by atoms with van der Waals surface area (Å²) < 4.78 is 24.9. The maximum absolute atomic E-state index is 11.6. The van der Waals surface area contributed by atoms with Crippen LogP contribution in [-0.4, -0.2) is 18.2 Å². The first kappa shape index (κ1) is 21.3. The van der Waals surface area contributed by atoms with E-state index in [1.807, 2.05) is 66.7 Å². The number of rotatable bonds is 5. The Bertz CT molecular complexity index is 1340. The second kappa shape index (κ2) is 8.69. The number of sulfonamides is 1. The van der Waals surface area contributed by atoms with Crippen LogP contribution < -0.4 is 5.14 Å². The molecular weight excluding hydrogens is 453 g/mol. The third-order valence-corrected chi connectivity index (χ3v) is 6.03. The summed E-state index contributed by atoms with van der Waals surface area (Å²) in [5.41, 5.74) is 4.16. The molecule has 0 radical (unpaired) electrons. The molecule has 0 fully saturated rings. The van der Waals surface area contributed by atoms with Crippen LogP contribution >= 0.6 is 23.2 Å². The molecule has 0 saturated heterocycles. The lowest BCUT2D eigenvalue weighted by Gasteiger charge is -2.08. The Labute approximate surface area is 190 Å². The van der Waals surface area contributed by atoms with Crippen LogP contribution in [-0.2, 0) is 10.0 Å². The van der Waals surface area contributed by atoms with Gasteiger partial charge in [-0.2, -0.15) is 5.10 Å². The van der Waals surface area contributed by atoms with E-state index < -0.39 is 10.0 Å². The molecule has 8 heteroatoms. The Morgan fingerprint density at radius 3 is 1.97 bits per heavy atom.